The first kappa shape index (κ1) is 11.3. The van der Waals surface area contributed by atoms with Crippen molar-refractivity contribution < 1.29 is 0 Å². The number of nitrogens with zero attached hydrogens (tertiary/aromatic N) is 1. The zero-order chi connectivity index (χ0) is 11.4. The monoisotopic (exact) mass is 276 g/mol. The highest BCUT2D eigenvalue weighted by Gasteiger charge is 1.99. The Kier molecular flexibility index (Phi) is 3.70. The van der Waals surface area contributed by atoms with Gasteiger partial charge in [0.25, 0.3) is 0 Å². The molecule has 0 spiro atoms. The van der Waals surface area contributed by atoms with Crippen LogP contribution in [0.5, 0.6) is 0 Å². The van der Waals surface area contributed by atoms with Crippen molar-refractivity contribution in [2.24, 2.45) is 0 Å². The molecule has 3 heteroatoms. The van der Waals surface area contributed by atoms with Crippen LogP contribution in [-0.2, 0) is 6.54 Å². The predicted molar refractivity (Wildman–Crippen MR) is 71.5 cm³/mol. The Bertz CT molecular complexity index is 503. The zero-order valence-corrected chi connectivity index (χ0v) is 10.5. The van der Waals surface area contributed by atoms with Crippen LogP contribution in [0, 0.1) is 0 Å². The molecule has 1 N–H and O–H groups in total. The summed E-state index contributed by atoms with van der Waals surface area (Å²) in [6.45, 7) is 5.41. The van der Waals surface area contributed by atoms with Crippen LogP contribution in [0.15, 0.2) is 47.7 Å². The predicted octanol–water partition coefficient (Wildman–Crippen LogP) is 3.23. The number of hydrogen-bond acceptors (Lipinski definition) is 2. The minimum atomic E-state index is 0.779. The van der Waals surface area contributed by atoms with Crippen LogP contribution in [0.2, 0.25) is 0 Å². The largest absolute Gasteiger partial charge is 0.308 e. The molecule has 0 aliphatic rings. The second-order valence-corrected chi connectivity index (χ2v) is 4.76. The minimum Gasteiger partial charge on any atom is -0.308 e. The van der Waals surface area contributed by atoms with E-state index in [0.29, 0.717) is 0 Å². The molecule has 1 aromatic heterocycles. The van der Waals surface area contributed by atoms with Gasteiger partial charge in [0.1, 0.15) is 0 Å². The fraction of sp³-hybridized carbons (Fsp3) is 0.154. The maximum Gasteiger partial charge on any atom is 0.0346 e. The van der Waals surface area contributed by atoms with Gasteiger partial charge in [0.05, 0.1) is 0 Å². The first-order chi connectivity index (χ1) is 7.77. The van der Waals surface area contributed by atoms with E-state index in [9.17, 15) is 0 Å². The normalized spacial score (nSPS) is 10.6. The topological polar surface area (TPSA) is 24.9 Å². The van der Waals surface area contributed by atoms with Crippen molar-refractivity contribution in [2.45, 2.75) is 6.54 Å². The summed E-state index contributed by atoms with van der Waals surface area (Å²) in [5.74, 6) is 0. The van der Waals surface area contributed by atoms with Gasteiger partial charge in [-0.2, -0.15) is 0 Å². The maximum absolute atomic E-state index is 4.12. The number of halogens is 1. The fourth-order valence-corrected chi connectivity index (χ4v) is 1.87. The zero-order valence-electron chi connectivity index (χ0n) is 8.91. The molecule has 0 aliphatic heterocycles. The van der Waals surface area contributed by atoms with Gasteiger partial charge in [0, 0.05) is 35.4 Å². The Hall–Kier alpha value is -1.19. The van der Waals surface area contributed by atoms with Crippen LogP contribution < -0.4 is 5.32 Å². The minimum absolute atomic E-state index is 0.779. The highest BCUT2D eigenvalue weighted by molar-refractivity contribution is 9.11. The molecule has 2 nitrogen and oxygen atoms in total. The summed E-state index contributed by atoms with van der Waals surface area (Å²) in [5.41, 5.74) is 1.29. The molecule has 0 bridgehead atoms. The Morgan fingerprint density at radius 3 is 3.06 bits per heavy atom. The molecular weight excluding hydrogens is 264 g/mol. The summed E-state index contributed by atoms with van der Waals surface area (Å²) in [7, 11) is 0. The van der Waals surface area contributed by atoms with E-state index in [1.54, 1.807) is 0 Å². The van der Waals surface area contributed by atoms with Crippen LogP contribution in [0.4, 0.5) is 0 Å². The Labute approximate surface area is 104 Å². The molecular formula is C13H13BrN2. The molecule has 2 rings (SSSR count). The standard InChI is InChI=1S/C13H13BrN2/c1-10(14)7-16-9-12-4-2-3-11-8-15-6-5-13(11)12/h2-6,8,16H,1,7,9H2. The smallest absolute Gasteiger partial charge is 0.0346 e. The molecule has 0 aliphatic carbocycles. The number of aromatic nitrogens is 1. The van der Waals surface area contributed by atoms with E-state index in [1.807, 2.05) is 12.4 Å². The lowest BCUT2D eigenvalue weighted by Gasteiger charge is -2.07. The SMILES string of the molecule is C=C(Br)CNCc1cccc2cnccc12. The summed E-state index contributed by atoms with van der Waals surface area (Å²) in [4.78, 5) is 4.12. The van der Waals surface area contributed by atoms with Crippen molar-refractivity contribution >= 4 is 26.7 Å². The number of benzene rings is 1. The summed E-state index contributed by atoms with van der Waals surface area (Å²) in [6.07, 6.45) is 3.72. The average molecular weight is 277 g/mol. The quantitative estimate of drug-likeness (QED) is 0.928. The molecule has 0 saturated carbocycles. The summed E-state index contributed by atoms with van der Waals surface area (Å²) in [6, 6.07) is 8.32. The van der Waals surface area contributed by atoms with Gasteiger partial charge >= 0.3 is 0 Å². The lowest BCUT2D eigenvalue weighted by Crippen LogP contribution is -2.14. The number of hydrogen-bond donors (Lipinski definition) is 1. The Morgan fingerprint density at radius 1 is 1.38 bits per heavy atom. The average Bonchev–Trinajstić information content (AvgIpc) is 2.29. The summed E-state index contributed by atoms with van der Waals surface area (Å²) in [5, 5.41) is 5.76. The van der Waals surface area contributed by atoms with E-state index in [-0.39, 0.29) is 0 Å². The van der Waals surface area contributed by atoms with E-state index in [2.05, 4.69) is 57.1 Å². The first-order valence-electron chi connectivity index (χ1n) is 5.13. The molecule has 0 atom stereocenters. The van der Waals surface area contributed by atoms with E-state index >= 15 is 0 Å². The second kappa shape index (κ2) is 5.23. The number of fused-ring (bicyclic) bond motifs is 1. The lowest BCUT2D eigenvalue weighted by molar-refractivity contribution is 0.761. The third-order valence-electron chi connectivity index (χ3n) is 2.40. The van der Waals surface area contributed by atoms with Crippen LogP contribution in [-0.4, -0.2) is 11.5 Å². The van der Waals surface area contributed by atoms with Crippen LogP contribution in [0.1, 0.15) is 5.56 Å². The number of pyridine rings is 1. The fourth-order valence-electron chi connectivity index (χ4n) is 1.68. The molecule has 0 unspecified atom stereocenters. The van der Waals surface area contributed by atoms with Crippen molar-refractivity contribution in [2.75, 3.05) is 6.54 Å². The van der Waals surface area contributed by atoms with E-state index in [4.69, 9.17) is 0 Å². The van der Waals surface area contributed by atoms with E-state index in [0.717, 1.165) is 17.6 Å². The van der Waals surface area contributed by atoms with Gasteiger partial charge in [-0.25, -0.2) is 0 Å². The van der Waals surface area contributed by atoms with E-state index in [1.165, 1.54) is 16.3 Å². The van der Waals surface area contributed by atoms with Crippen molar-refractivity contribution in [1.82, 2.24) is 10.3 Å². The molecule has 1 aromatic carbocycles. The third-order valence-corrected chi connectivity index (χ3v) is 2.68. The molecule has 16 heavy (non-hydrogen) atoms. The van der Waals surface area contributed by atoms with Crippen molar-refractivity contribution in [3.8, 4) is 0 Å². The molecule has 0 saturated heterocycles. The van der Waals surface area contributed by atoms with Gasteiger partial charge < -0.3 is 5.32 Å². The molecule has 0 fully saturated rings. The molecule has 2 aromatic rings. The Balaban J connectivity index is 2.20. The van der Waals surface area contributed by atoms with Gasteiger partial charge in [-0.15, -0.1) is 0 Å². The first-order valence-corrected chi connectivity index (χ1v) is 5.92. The maximum atomic E-state index is 4.12. The molecule has 0 amide bonds. The lowest BCUT2D eigenvalue weighted by atomic mass is 10.1. The highest BCUT2D eigenvalue weighted by atomic mass is 79.9. The van der Waals surface area contributed by atoms with Crippen LogP contribution >= 0.6 is 15.9 Å². The summed E-state index contributed by atoms with van der Waals surface area (Å²) < 4.78 is 0.967. The van der Waals surface area contributed by atoms with Gasteiger partial charge in [0.15, 0.2) is 0 Å². The summed E-state index contributed by atoms with van der Waals surface area (Å²) >= 11 is 3.33. The van der Waals surface area contributed by atoms with Crippen molar-refractivity contribution in [1.29, 1.82) is 0 Å². The van der Waals surface area contributed by atoms with Gasteiger partial charge in [-0.05, 0) is 17.0 Å². The Morgan fingerprint density at radius 2 is 2.25 bits per heavy atom. The third kappa shape index (κ3) is 2.68. The number of nitrogens with one attached hydrogen (secondary N) is 1. The molecule has 1 heterocycles. The molecule has 82 valence electrons. The molecule has 0 radical (unpaired) electrons. The van der Waals surface area contributed by atoms with Crippen LogP contribution in [0.25, 0.3) is 10.8 Å². The van der Waals surface area contributed by atoms with Crippen molar-refractivity contribution in [3.63, 3.8) is 0 Å². The van der Waals surface area contributed by atoms with Gasteiger partial charge in [0.2, 0.25) is 0 Å². The van der Waals surface area contributed by atoms with Crippen LogP contribution in [0.3, 0.4) is 0 Å². The van der Waals surface area contributed by atoms with Gasteiger partial charge in [-0.1, -0.05) is 40.7 Å². The van der Waals surface area contributed by atoms with Gasteiger partial charge in [-0.3, -0.25) is 4.98 Å². The van der Waals surface area contributed by atoms with Crippen molar-refractivity contribution in [3.05, 3.63) is 53.3 Å². The second-order valence-electron chi connectivity index (χ2n) is 3.63. The number of rotatable bonds is 4. The highest BCUT2D eigenvalue weighted by Crippen LogP contribution is 2.17. The van der Waals surface area contributed by atoms with E-state index < -0.39 is 0 Å².